The van der Waals surface area contributed by atoms with Crippen LogP contribution in [0.5, 0.6) is 0 Å². The molecular formula is C14H16N4O. The van der Waals surface area contributed by atoms with Crippen molar-refractivity contribution in [3.05, 3.63) is 41.7 Å². The third-order valence-electron chi connectivity index (χ3n) is 2.66. The molecule has 0 saturated carbocycles. The lowest BCUT2D eigenvalue weighted by Gasteiger charge is -2.08. The molecule has 1 heterocycles. The Bertz CT molecular complexity index is 593. The molecule has 1 aromatic heterocycles. The largest absolute Gasteiger partial charge is 0.373 e. The fourth-order valence-corrected chi connectivity index (χ4v) is 1.70. The maximum Gasteiger partial charge on any atom is 0.159 e. The van der Waals surface area contributed by atoms with Crippen molar-refractivity contribution in [3.8, 4) is 0 Å². The monoisotopic (exact) mass is 256 g/mol. The van der Waals surface area contributed by atoms with Gasteiger partial charge in [-0.2, -0.15) is 0 Å². The van der Waals surface area contributed by atoms with Crippen molar-refractivity contribution in [2.24, 2.45) is 0 Å². The van der Waals surface area contributed by atoms with E-state index in [0.717, 1.165) is 11.5 Å². The lowest BCUT2D eigenvalue weighted by atomic mass is 10.1. The first-order valence-corrected chi connectivity index (χ1v) is 6.00. The fourth-order valence-electron chi connectivity index (χ4n) is 1.70. The Morgan fingerprint density at radius 3 is 2.32 bits per heavy atom. The Morgan fingerprint density at radius 1 is 1.11 bits per heavy atom. The van der Waals surface area contributed by atoms with E-state index in [4.69, 9.17) is 0 Å². The minimum atomic E-state index is 0.0573. The van der Waals surface area contributed by atoms with Crippen molar-refractivity contribution in [2.75, 3.05) is 17.7 Å². The summed E-state index contributed by atoms with van der Waals surface area (Å²) >= 11 is 0. The lowest BCUT2D eigenvalue weighted by Crippen LogP contribution is -2.01. The van der Waals surface area contributed by atoms with Gasteiger partial charge in [-0.25, -0.2) is 9.97 Å². The standard InChI is InChI=1S/C14H16N4O/c1-9(19)11-4-6-12(7-5-11)18-14-8-13(15-3)16-10(2)17-14/h4-8H,1-3H3,(H2,15,16,17,18). The number of hydrogen-bond donors (Lipinski definition) is 2. The SMILES string of the molecule is CNc1cc(Nc2ccc(C(C)=O)cc2)nc(C)n1. The number of anilines is 3. The van der Waals surface area contributed by atoms with E-state index >= 15 is 0 Å². The first-order valence-electron chi connectivity index (χ1n) is 6.00. The van der Waals surface area contributed by atoms with Crippen LogP contribution in [0.15, 0.2) is 30.3 Å². The number of nitrogens with zero attached hydrogens (tertiary/aromatic N) is 2. The number of ketones is 1. The van der Waals surface area contributed by atoms with E-state index in [1.807, 2.05) is 32.2 Å². The molecule has 2 aromatic rings. The number of carbonyl (C=O) groups excluding carboxylic acids is 1. The van der Waals surface area contributed by atoms with Crippen LogP contribution < -0.4 is 10.6 Å². The Morgan fingerprint density at radius 2 is 1.74 bits per heavy atom. The number of rotatable bonds is 4. The third-order valence-corrected chi connectivity index (χ3v) is 2.66. The van der Waals surface area contributed by atoms with Crippen molar-refractivity contribution >= 4 is 23.1 Å². The van der Waals surface area contributed by atoms with Crippen LogP contribution in [0.1, 0.15) is 23.1 Å². The Balaban J connectivity index is 2.21. The van der Waals surface area contributed by atoms with Gasteiger partial charge in [0.05, 0.1) is 0 Å². The molecule has 0 bridgehead atoms. The summed E-state index contributed by atoms with van der Waals surface area (Å²) in [6.45, 7) is 3.39. The topological polar surface area (TPSA) is 66.9 Å². The van der Waals surface area contributed by atoms with E-state index in [0.29, 0.717) is 17.2 Å². The first-order chi connectivity index (χ1) is 9.08. The predicted molar refractivity (Wildman–Crippen MR) is 76.0 cm³/mol. The van der Waals surface area contributed by atoms with E-state index < -0.39 is 0 Å². The zero-order chi connectivity index (χ0) is 13.8. The molecular weight excluding hydrogens is 240 g/mol. The molecule has 2 rings (SSSR count). The second kappa shape index (κ2) is 5.48. The Hall–Kier alpha value is -2.43. The number of hydrogen-bond acceptors (Lipinski definition) is 5. The van der Waals surface area contributed by atoms with Crippen molar-refractivity contribution in [1.29, 1.82) is 0 Å². The average Bonchev–Trinajstić information content (AvgIpc) is 2.38. The van der Waals surface area contributed by atoms with Gasteiger partial charge in [-0.15, -0.1) is 0 Å². The molecule has 5 nitrogen and oxygen atoms in total. The van der Waals surface area contributed by atoms with Crippen LogP contribution in [0.3, 0.4) is 0 Å². The Kier molecular flexibility index (Phi) is 3.75. The van der Waals surface area contributed by atoms with Gasteiger partial charge in [-0.3, -0.25) is 4.79 Å². The molecule has 0 radical (unpaired) electrons. The highest BCUT2D eigenvalue weighted by Crippen LogP contribution is 2.17. The second-order valence-corrected chi connectivity index (χ2v) is 4.19. The number of aromatic nitrogens is 2. The second-order valence-electron chi connectivity index (χ2n) is 4.19. The highest BCUT2D eigenvalue weighted by atomic mass is 16.1. The summed E-state index contributed by atoms with van der Waals surface area (Å²) in [6, 6.07) is 9.11. The van der Waals surface area contributed by atoms with Gasteiger partial charge in [0.25, 0.3) is 0 Å². The smallest absolute Gasteiger partial charge is 0.159 e. The van der Waals surface area contributed by atoms with Crippen LogP contribution in [0.2, 0.25) is 0 Å². The molecule has 0 aliphatic heterocycles. The number of benzene rings is 1. The first kappa shape index (κ1) is 13.0. The van der Waals surface area contributed by atoms with Crippen LogP contribution in [-0.2, 0) is 0 Å². The molecule has 0 aliphatic rings. The normalized spacial score (nSPS) is 10.1. The molecule has 0 amide bonds. The molecule has 2 N–H and O–H groups in total. The zero-order valence-electron chi connectivity index (χ0n) is 11.2. The quantitative estimate of drug-likeness (QED) is 0.823. The molecule has 0 saturated heterocycles. The van der Waals surface area contributed by atoms with Crippen molar-refractivity contribution in [3.63, 3.8) is 0 Å². The molecule has 98 valence electrons. The summed E-state index contributed by atoms with van der Waals surface area (Å²) in [5.41, 5.74) is 1.57. The summed E-state index contributed by atoms with van der Waals surface area (Å²) in [5.74, 6) is 2.22. The van der Waals surface area contributed by atoms with Crippen LogP contribution in [-0.4, -0.2) is 22.8 Å². The molecule has 0 aliphatic carbocycles. The van der Waals surface area contributed by atoms with Crippen LogP contribution >= 0.6 is 0 Å². The van der Waals surface area contributed by atoms with Crippen LogP contribution in [0.25, 0.3) is 0 Å². The molecule has 0 unspecified atom stereocenters. The van der Waals surface area contributed by atoms with Crippen molar-refractivity contribution in [2.45, 2.75) is 13.8 Å². The van der Waals surface area contributed by atoms with Crippen LogP contribution in [0.4, 0.5) is 17.3 Å². The van der Waals surface area contributed by atoms with Gasteiger partial charge < -0.3 is 10.6 Å². The molecule has 1 aromatic carbocycles. The molecule has 0 atom stereocenters. The van der Waals surface area contributed by atoms with E-state index in [1.54, 1.807) is 19.1 Å². The van der Waals surface area contributed by atoms with Crippen molar-refractivity contribution in [1.82, 2.24) is 9.97 Å². The summed E-state index contributed by atoms with van der Waals surface area (Å²) in [6.07, 6.45) is 0. The van der Waals surface area contributed by atoms with E-state index in [-0.39, 0.29) is 5.78 Å². The molecule has 19 heavy (non-hydrogen) atoms. The number of nitrogens with one attached hydrogen (secondary N) is 2. The van der Waals surface area contributed by atoms with Gasteiger partial charge in [0.2, 0.25) is 0 Å². The molecule has 5 heteroatoms. The van der Waals surface area contributed by atoms with Gasteiger partial charge in [0.15, 0.2) is 5.78 Å². The predicted octanol–water partition coefficient (Wildman–Crippen LogP) is 2.77. The van der Waals surface area contributed by atoms with Gasteiger partial charge >= 0.3 is 0 Å². The summed E-state index contributed by atoms with van der Waals surface area (Å²) < 4.78 is 0. The average molecular weight is 256 g/mol. The summed E-state index contributed by atoms with van der Waals surface area (Å²) in [4.78, 5) is 19.7. The summed E-state index contributed by atoms with van der Waals surface area (Å²) in [7, 11) is 1.81. The third kappa shape index (κ3) is 3.28. The van der Waals surface area contributed by atoms with Gasteiger partial charge in [-0.1, -0.05) is 0 Å². The number of Topliss-reactive ketones (excluding diaryl/α,β-unsaturated/α-hetero) is 1. The highest BCUT2D eigenvalue weighted by molar-refractivity contribution is 5.94. The van der Waals surface area contributed by atoms with Gasteiger partial charge in [0.1, 0.15) is 17.5 Å². The van der Waals surface area contributed by atoms with Gasteiger partial charge in [-0.05, 0) is 38.1 Å². The summed E-state index contributed by atoms with van der Waals surface area (Å²) in [5, 5.41) is 6.17. The van der Waals surface area contributed by atoms with E-state index in [1.165, 1.54) is 0 Å². The maximum absolute atomic E-state index is 11.2. The minimum Gasteiger partial charge on any atom is -0.373 e. The number of carbonyl (C=O) groups is 1. The maximum atomic E-state index is 11.2. The van der Waals surface area contributed by atoms with Gasteiger partial charge in [0, 0.05) is 24.4 Å². The Labute approximate surface area is 112 Å². The van der Waals surface area contributed by atoms with Crippen LogP contribution in [0, 0.1) is 6.92 Å². The minimum absolute atomic E-state index is 0.0573. The molecule has 0 spiro atoms. The van der Waals surface area contributed by atoms with E-state index in [9.17, 15) is 4.79 Å². The lowest BCUT2D eigenvalue weighted by molar-refractivity contribution is 0.101. The number of aryl methyl sites for hydroxylation is 1. The highest BCUT2D eigenvalue weighted by Gasteiger charge is 2.02. The fraction of sp³-hybridized carbons (Fsp3) is 0.214. The molecule has 0 fully saturated rings. The van der Waals surface area contributed by atoms with Crippen molar-refractivity contribution < 1.29 is 4.79 Å². The van der Waals surface area contributed by atoms with E-state index in [2.05, 4.69) is 20.6 Å². The zero-order valence-corrected chi connectivity index (χ0v) is 11.2.